The molecule has 0 aromatic heterocycles. The fourth-order valence-electron chi connectivity index (χ4n) is 4.89. The van der Waals surface area contributed by atoms with Gasteiger partial charge in [-0.05, 0) is 69.6 Å². The first kappa shape index (κ1) is 24.7. The number of sulfone groups is 1. The van der Waals surface area contributed by atoms with Crippen LogP contribution in [0.25, 0.3) is 0 Å². The van der Waals surface area contributed by atoms with Crippen molar-refractivity contribution < 1.29 is 18.0 Å². The second-order valence-corrected chi connectivity index (χ2v) is 12.3. The van der Waals surface area contributed by atoms with Gasteiger partial charge in [-0.2, -0.15) is 0 Å². The molecule has 7 heteroatoms. The van der Waals surface area contributed by atoms with Gasteiger partial charge in [-0.25, -0.2) is 8.42 Å². The summed E-state index contributed by atoms with van der Waals surface area (Å²) in [6.45, 7) is 10.7. The zero-order valence-corrected chi connectivity index (χ0v) is 20.9. The molecular weight excluding hydrogens is 424 g/mol. The Labute approximate surface area is 193 Å². The summed E-state index contributed by atoms with van der Waals surface area (Å²) in [4.78, 5) is 28.3. The molecule has 1 saturated heterocycles. The highest BCUT2D eigenvalue weighted by Crippen LogP contribution is 2.43. The van der Waals surface area contributed by atoms with E-state index in [9.17, 15) is 18.0 Å². The lowest BCUT2D eigenvalue weighted by molar-refractivity contribution is -0.138. The number of carbonyl (C=O) groups excluding carboxylic acids is 2. The molecule has 1 aromatic rings. The van der Waals surface area contributed by atoms with Crippen molar-refractivity contribution in [3.05, 3.63) is 29.3 Å². The number of piperidine rings is 1. The number of amides is 2. The highest BCUT2D eigenvalue weighted by atomic mass is 32.2. The van der Waals surface area contributed by atoms with Gasteiger partial charge in [0, 0.05) is 25.0 Å². The Kier molecular flexibility index (Phi) is 7.38. The van der Waals surface area contributed by atoms with E-state index in [4.69, 9.17) is 0 Å². The third kappa shape index (κ3) is 4.59. The summed E-state index contributed by atoms with van der Waals surface area (Å²) in [6, 6.07) is 5.52. The SMILES string of the molecule is Cc1ccc(C)c(S(=O)(=O)C2(C(=O)N3CCC(C(=O)NC(C)C(C)C)CC3)CCCC2)c1. The van der Waals surface area contributed by atoms with Crippen LogP contribution < -0.4 is 5.32 Å². The summed E-state index contributed by atoms with van der Waals surface area (Å²) < 4.78 is 26.3. The number of hydrogen-bond acceptors (Lipinski definition) is 4. The quantitative estimate of drug-likeness (QED) is 0.697. The first-order valence-corrected chi connectivity index (χ1v) is 13.4. The molecule has 0 radical (unpaired) electrons. The van der Waals surface area contributed by atoms with E-state index in [1.807, 2.05) is 26.0 Å². The summed E-state index contributed by atoms with van der Waals surface area (Å²) in [5.74, 6) is -0.00395. The molecule has 32 heavy (non-hydrogen) atoms. The highest BCUT2D eigenvalue weighted by molar-refractivity contribution is 7.93. The van der Waals surface area contributed by atoms with Gasteiger partial charge in [0.2, 0.25) is 11.8 Å². The van der Waals surface area contributed by atoms with Gasteiger partial charge in [-0.15, -0.1) is 0 Å². The molecule has 6 nitrogen and oxygen atoms in total. The summed E-state index contributed by atoms with van der Waals surface area (Å²) in [5.41, 5.74) is 1.56. The van der Waals surface area contributed by atoms with Crippen LogP contribution in [-0.2, 0) is 19.4 Å². The number of likely N-dealkylation sites (tertiary alicyclic amines) is 1. The maximum Gasteiger partial charge on any atom is 0.244 e. The zero-order chi connectivity index (χ0) is 23.7. The zero-order valence-electron chi connectivity index (χ0n) is 20.1. The number of nitrogens with zero attached hydrogens (tertiary/aromatic N) is 1. The lowest BCUT2D eigenvalue weighted by Gasteiger charge is -2.38. The summed E-state index contributed by atoms with van der Waals surface area (Å²) >= 11 is 0. The van der Waals surface area contributed by atoms with Crippen LogP contribution >= 0.6 is 0 Å². The van der Waals surface area contributed by atoms with Crippen molar-refractivity contribution in [3.8, 4) is 0 Å². The molecule has 1 aliphatic heterocycles. The van der Waals surface area contributed by atoms with E-state index in [0.29, 0.717) is 50.3 Å². The number of rotatable bonds is 6. The van der Waals surface area contributed by atoms with Crippen molar-refractivity contribution in [1.82, 2.24) is 10.2 Å². The molecule has 0 spiro atoms. The molecule has 0 bridgehead atoms. The molecule has 1 atom stereocenters. The molecule has 1 aliphatic carbocycles. The lowest BCUT2D eigenvalue weighted by atomic mass is 9.93. The van der Waals surface area contributed by atoms with Gasteiger partial charge in [-0.1, -0.05) is 38.8 Å². The van der Waals surface area contributed by atoms with Crippen LogP contribution in [0, 0.1) is 25.7 Å². The summed E-state index contributed by atoms with van der Waals surface area (Å²) in [6.07, 6.45) is 3.36. The number of aryl methyl sites for hydroxylation is 2. The molecule has 1 aromatic carbocycles. The van der Waals surface area contributed by atoms with Crippen molar-refractivity contribution in [1.29, 1.82) is 0 Å². The van der Waals surface area contributed by atoms with E-state index in [-0.39, 0.29) is 28.7 Å². The second-order valence-electron chi connectivity index (χ2n) is 10.1. The molecule has 2 amide bonds. The molecule has 178 valence electrons. The number of carbonyl (C=O) groups is 2. The highest BCUT2D eigenvalue weighted by Gasteiger charge is 2.55. The smallest absolute Gasteiger partial charge is 0.244 e. The number of hydrogen-bond donors (Lipinski definition) is 1. The van der Waals surface area contributed by atoms with E-state index in [0.717, 1.165) is 18.4 Å². The Bertz CT molecular complexity index is 956. The molecular formula is C25H38N2O4S. The van der Waals surface area contributed by atoms with Crippen LogP contribution in [0.4, 0.5) is 0 Å². The van der Waals surface area contributed by atoms with Crippen LogP contribution in [-0.4, -0.2) is 49.0 Å². The van der Waals surface area contributed by atoms with Gasteiger partial charge in [-0.3, -0.25) is 9.59 Å². The van der Waals surface area contributed by atoms with Gasteiger partial charge < -0.3 is 10.2 Å². The normalized spacial score (nSPS) is 20.4. The largest absolute Gasteiger partial charge is 0.353 e. The number of benzene rings is 1. The minimum Gasteiger partial charge on any atom is -0.353 e. The van der Waals surface area contributed by atoms with Gasteiger partial charge in [0.15, 0.2) is 14.6 Å². The fraction of sp³-hybridized carbons (Fsp3) is 0.680. The Hall–Kier alpha value is -1.89. The molecule has 1 saturated carbocycles. The Balaban J connectivity index is 1.78. The van der Waals surface area contributed by atoms with E-state index in [1.165, 1.54) is 0 Å². The standard InChI is InChI=1S/C25H38N2O4S/c1-17(2)20(5)26-23(28)21-10-14-27(15-11-21)24(29)25(12-6-7-13-25)32(30,31)22-16-18(3)8-9-19(22)4/h8-9,16-17,20-21H,6-7,10-15H2,1-5H3,(H,26,28). The third-order valence-electron chi connectivity index (χ3n) is 7.47. The summed E-state index contributed by atoms with van der Waals surface area (Å²) in [7, 11) is -3.83. The minimum atomic E-state index is -3.83. The molecule has 2 fully saturated rings. The van der Waals surface area contributed by atoms with Crippen LogP contribution in [0.2, 0.25) is 0 Å². The van der Waals surface area contributed by atoms with E-state index < -0.39 is 14.6 Å². The van der Waals surface area contributed by atoms with Crippen LogP contribution in [0.5, 0.6) is 0 Å². The van der Waals surface area contributed by atoms with Crippen molar-refractivity contribution in [3.63, 3.8) is 0 Å². The predicted molar refractivity (Wildman–Crippen MR) is 126 cm³/mol. The molecule has 2 aliphatic rings. The molecule has 1 heterocycles. The van der Waals surface area contributed by atoms with Gasteiger partial charge in [0.05, 0.1) is 4.90 Å². The third-order valence-corrected chi connectivity index (χ3v) is 10.1. The average molecular weight is 463 g/mol. The van der Waals surface area contributed by atoms with Crippen molar-refractivity contribution in [2.45, 2.75) is 88.8 Å². The average Bonchev–Trinajstić information content (AvgIpc) is 3.26. The van der Waals surface area contributed by atoms with Crippen LogP contribution in [0.3, 0.4) is 0 Å². The van der Waals surface area contributed by atoms with Crippen molar-refractivity contribution in [2.75, 3.05) is 13.1 Å². The van der Waals surface area contributed by atoms with Gasteiger partial charge in [0.25, 0.3) is 0 Å². The first-order chi connectivity index (χ1) is 15.0. The van der Waals surface area contributed by atoms with E-state index in [1.54, 1.807) is 17.9 Å². The van der Waals surface area contributed by atoms with Crippen molar-refractivity contribution in [2.24, 2.45) is 11.8 Å². The fourth-order valence-corrected chi connectivity index (χ4v) is 7.33. The molecule has 1 N–H and O–H groups in total. The maximum atomic E-state index is 13.9. The van der Waals surface area contributed by atoms with E-state index in [2.05, 4.69) is 19.2 Å². The Morgan fingerprint density at radius 2 is 1.66 bits per heavy atom. The molecule has 3 rings (SSSR count). The first-order valence-electron chi connectivity index (χ1n) is 11.9. The van der Waals surface area contributed by atoms with Gasteiger partial charge in [0.1, 0.15) is 0 Å². The molecule has 1 unspecified atom stereocenters. The Morgan fingerprint density at radius 3 is 2.22 bits per heavy atom. The predicted octanol–water partition coefficient (Wildman–Crippen LogP) is 3.79. The van der Waals surface area contributed by atoms with Crippen LogP contribution in [0.1, 0.15) is 70.4 Å². The lowest BCUT2D eigenvalue weighted by Crippen LogP contribution is -2.55. The Morgan fingerprint density at radius 1 is 1.06 bits per heavy atom. The minimum absolute atomic E-state index is 0.0388. The van der Waals surface area contributed by atoms with E-state index >= 15 is 0 Å². The monoisotopic (exact) mass is 462 g/mol. The maximum absolute atomic E-state index is 13.9. The summed E-state index contributed by atoms with van der Waals surface area (Å²) in [5, 5.41) is 3.07. The topological polar surface area (TPSA) is 83.6 Å². The van der Waals surface area contributed by atoms with Gasteiger partial charge >= 0.3 is 0 Å². The van der Waals surface area contributed by atoms with Crippen LogP contribution in [0.15, 0.2) is 23.1 Å². The second kappa shape index (κ2) is 9.54. The van der Waals surface area contributed by atoms with Crippen molar-refractivity contribution >= 4 is 21.7 Å². The number of nitrogens with one attached hydrogen (secondary N) is 1.